The van der Waals surface area contributed by atoms with Gasteiger partial charge in [-0.15, -0.1) is 0 Å². The van der Waals surface area contributed by atoms with Crippen LogP contribution in [0.3, 0.4) is 0 Å². The lowest BCUT2D eigenvalue weighted by Crippen LogP contribution is -2.33. The molecule has 0 aliphatic rings. The average Bonchev–Trinajstić information content (AvgIpc) is 2.35. The highest BCUT2D eigenvalue weighted by Gasteiger charge is 2.17. The molecule has 1 aromatic carbocycles. The first-order chi connectivity index (χ1) is 8.41. The number of non-ortho nitro benzene ring substituents is 1. The van der Waals surface area contributed by atoms with Crippen molar-refractivity contribution in [2.75, 3.05) is 6.54 Å². The summed E-state index contributed by atoms with van der Waals surface area (Å²) in [4.78, 5) is 9.93. The highest BCUT2D eigenvalue weighted by Crippen LogP contribution is 2.17. The molecule has 2 N–H and O–H groups in total. The van der Waals surface area contributed by atoms with Gasteiger partial charge in [-0.3, -0.25) is 10.1 Å². The van der Waals surface area contributed by atoms with Crippen LogP contribution in [0.25, 0.3) is 0 Å². The van der Waals surface area contributed by atoms with Gasteiger partial charge in [0.05, 0.1) is 4.92 Å². The van der Waals surface area contributed by atoms with Gasteiger partial charge in [-0.05, 0) is 12.5 Å². The Labute approximate surface area is 103 Å². The number of alkyl halides is 2. The summed E-state index contributed by atoms with van der Waals surface area (Å²) in [5.74, 6) is 0. The van der Waals surface area contributed by atoms with E-state index in [1.54, 1.807) is 19.1 Å². The van der Waals surface area contributed by atoms with Crippen molar-refractivity contribution in [3.63, 3.8) is 0 Å². The largest absolute Gasteiger partial charge is 0.386 e. The summed E-state index contributed by atoms with van der Waals surface area (Å²) in [7, 11) is 0. The van der Waals surface area contributed by atoms with Gasteiger partial charge in [0.2, 0.25) is 0 Å². The zero-order valence-electron chi connectivity index (χ0n) is 9.72. The molecule has 0 aromatic heterocycles. The lowest BCUT2D eigenvalue weighted by Gasteiger charge is -2.16. The fraction of sp³-hybridized carbons (Fsp3) is 0.455. The summed E-state index contributed by atoms with van der Waals surface area (Å²) >= 11 is 0. The van der Waals surface area contributed by atoms with Crippen LogP contribution in [-0.2, 0) is 0 Å². The molecule has 2 atom stereocenters. The summed E-state index contributed by atoms with van der Waals surface area (Å²) in [5, 5.41) is 22.1. The van der Waals surface area contributed by atoms with E-state index in [0.717, 1.165) is 5.56 Å². The third-order valence-electron chi connectivity index (χ3n) is 2.53. The number of hydrogen-bond acceptors (Lipinski definition) is 4. The number of nitro groups is 1. The van der Waals surface area contributed by atoms with Gasteiger partial charge in [0.1, 0.15) is 6.10 Å². The lowest BCUT2D eigenvalue weighted by atomic mass is 10.1. The molecule has 1 rings (SSSR count). The molecule has 18 heavy (non-hydrogen) atoms. The molecule has 0 spiro atoms. The molecule has 0 saturated carbocycles. The zero-order chi connectivity index (χ0) is 13.7. The average molecular weight is 260 g/mol. The molecule has 0 amide bonds. The monoisotopic (exact) mass is 260 g/mol. The van der Waals surface area contributed by atoms with E-state index in [9.17, 15) is 18.9 Å². The van der Waals surface area contributed by atoms with Crippen LogP contribution >= 0.6 is 0 Å². The maximum Gasteiger partial charge on any atom is 0.269 e. The van der Waals surface area contributed by atoms with E-state index in [-0.39, 0.29) is 18.3 Å². The van der Waals surface area contributed by atoms with E-state index in [4.69, 9.17) is 5.11 Å². The standard InChI is InChI=1S/C11H14F2N2O3/c1-7(14-6-10(16)11(12)13)8-2-4-9(5-3-8)15(17)18/h2-5,7,10-11,14,16H,6H2,1H3. The fourth-order valence-electron chi connectivity index (χ4n) is 1.39. The van der Waals surface area contributed by atoms with Crippen molar-refractivity contribution >= 4 is 5.69 Å². The Kier molecular flexibility index (Phi) is 5.11. The maximum atomic E-state index is 12.1. The van der Waals surface area contributed by atoms with Crippen molar-refractivity contribution in [2.24, 2.45) is 0 Å². The number of hydrogen-bond donors (Lipinski definition) is 2. The van der Waals surface area contributed by atoms with Crippen molar-refractivity contribution in [1.82, 2.24) is 5.32 Å². The zero-order valence-corrected chi connectivity index (χ0v) is 9.72. The van der Waals surface area contributed by atoms with Crippen LogP contribution in [0.5, 0.6) is 0 Å². The topological polar surface area (TPSA) is 75.4 Å². The van der Waals surface area contributed by atoms with Crippen LogP contribution in [0.1, 0.15) is 18.5 Å². The molecular formula is C11H14F2N2O3. The number of halogens is 2. The van der Waals surface area contributed by atoms with E-state index in [2.05, 4.69) is 5.32 Å². The predicted molar refractivity (Wildman–Crippen MR) is 61.5 cm³/mol. The third-order valence-corrected chi connectivity index (χ3v) is 2.53. The van der Waals surface area contributed by atoms with Crippen molar-refractivity contribution in [1.29, 1.82) is 0 Å². The molecule has 2 unspecified atom stereocenters. The Balaban J connectivity index is 2.56. The summed E-state index contributed by atoms with van der Waals surface area (Å²) in [6.07, 6.45) is -4.51. The number of rotatable bonds is 6. The summed E-state index contributed by atoms with van der Waals surface area (Å²) in [5.41, 5.74) is 0.695. The minimum atomic E-state index is -2.79. The third kappa shape index (κ3) is 4.01. The molecule has 0 heterocycles. The van der Waals surface area contributed by atoms with Gasteiger partial charge in [0.15, 0.2) is 0 Å². The molecule has 100 valence electrons. The van der Waals surface area contributed by atoms with Gasteiger partial charge in [0, 0.05) is 24.7 Å². The summed E-state index contributed by atoms with van der Waals surface area (Å²) < 4.78 is 24.1. The number of nitro benzene ring substituents is 1. The highest BCUT2D eigenvalue weighted by atomic mass is 19.3. The molecule has 7 heteroatoms. The molecular weight excluding hydrogens is 246 g/mol. The Hall–Kier alpha value is -1.60. The molecule has 0 radical (unpaired) electrons. The van der Waals surface area contributed by atoms with Crippen LogP contribution < -0.4 is 5.32 Å². The molecule has 0 aliphatic carbocycles. The summed E-state index contributed by atoms with van der Waals surface area (Å²) in [6, 6.07) is 5.50. The van der Waals surface area contributed by atoms with E-state index in [0.29, 0.717) is 0 Å². The van der Waals surface area contributed by atoms with Gasteiger partial charge in [-0.2, -0.15) is 0 Å². The van der Waals surface area contributed by atoms with Gasteiger partial charge in [-0.25, -0.2) is 8.78 Å². The van der Waals surface area contributed by atoms with Crippen molar-refractivity contribution in [3.05, 3.63) is 39.9 Å². The number of benzene rings is 1. The Morgan fingerprint density at radius 1 is 1.39 bits per heavy atom. The van der Waals surface area contributed by atoms with Crippen LogP contribution in [-0.4, -0.2) is 29.1 Å². The highest BCUT2D eigenvalue weighted by molar-refractivity contribution is 5.33. The smallest absolute Gasteiger partial charge is 0.269 e. The van der Waals surface area contributed by atoms with E-state index in [1.165, 1.54) is 12.1 Å². The number of nitrogens with zero attached hydrogens (tertiary/aromatic N) is 1. The van der Waals surface area contributed by atoms with Crippen molar-refractivity contribution in [2.45, 2.75) is 25.5 Å². The minimum Gasteiger partial charge on any atom is -0.386 e. The second-order valence-corrected chi connectivity index (χ2v) is 3.88. The molecule has 0 bridgehead atoms. The van der Waals surface area contributed by atoms with Crippen molar-refractivity contribution < 1.29 is 18.8 Å². The molecule has 0 fully saturated rings. The summed E-state index contributed by atoms with van der Waals surface area (Å²) in [6.45, 7) is 1.48. The van der Waals surface area contributed by atoms with Crippen LogP contribution in [0.2, 0.25) is 0 Å². The van der Waals surface area contributed by atoms with E-state index >= 15 is 0 Å². The van der Waals surface area contributed by atoms with Crippen LogP contribution in [0.4, 0.5) is 14.5 Å². The van der Waals surface area contributed by atoms with E-state index in [1.807, 2.05) is 0 Å². The first-order valence-corrected chi connectivity index (χ1v) is 5.35. The molecule has 0 aliphatic heterocycles. The minimum absolute atomic E-state index is 0.0291. The van der Waals surface area contributed by atoms with Crippen molar-refractivity contribution in [3.8, 4) is 0 Å². The van der Waals surface area contributed by atoms with Crippen LogP contribution in [0, 0.1) is 10.1 Å². The number of aliphatic hydroxyl groups excluding tert-OH is 1. The molecule has 1 aromatic rings. The first-order valence-electron chi connectivity index (χ1n) is 5.35. The van der Waals surface area contributed by atoms with Gasteiger partial charge in [-0.1, -0.05) is 12.1 Å². The Morgan fingerprint density at radius 2 is 1.94 bits per heavy atom. The Morgan fingerprint density at radius 3 is 2.39 bits per heavy atom. The Bertz CT molecular complexity index is 398. The number of aliphatic hydroxyl groups is 1. The normalized spacial score (nSPS) is 14.5. The number of nitrogens with one attached hydrogen (secondary N) is 1. The predicted octanol–water partition coefficient (Wildman–Crippen LogP) is 1.87. The second-order valence-electron chi connectivity index (χ2n) is 3.88. The SMILES string of the molecule is CC(NCC(O)C(F)F)c1ccc([N+](=O)[O-])cc1. The quantitative estimate of drug-likeness (QED) is 0.604. The molecule has 5 nitrogen and oxygen atoms in total. The first kappa shape index (κ1) is 14.5. The lowest BCUT2D eigenvalue weighted by molar-refractivity contribution is -0.384. The van der Waals surface area contributed by atoms with Gasteiger partial charge < -0.3 is 10.4 Å². The van der Waals surface area contributed by atoms with Gasteiger partial charge in [0.25, 0.3) is 12.1 Å². The van der Waals surface area contributed by atoms with E-state index < -0.39 is 17.5 Å². The molecule has 0 saturated heterocycles. The fourth-order valence-corrected chi connectivity index (χ4v) is 1.39. The maximum absolute atomic E-state index is 12.1. The van der Waals surface area contributed by atoms with Gasteiger partial charge >= 0.3 is 0 Å². The second kappa shape index (κ2) is 6.36. The van der Waals surface area contributed by atoms with Crippen LogP contribution in [0.15, 0.2) is 24.3 Å².